The average molecular weight is 390 g/mol. The monoisotopic (exact) mass is 390 g/mol. The van der Waals surface area contributed by atoms with Crippen LogP contribution in [0.4, 0.5) is 0 Å². The van der Waals surface area contributed by atoms with E-state index in [1.54, 1.807) is 15.6 Å². The molecule has 0 unspecified atom stereocenters. The topological polar surface area (TPSA) is 98.7 Å². The maximum Gasteiger partial charge on any atom is 0.236 e. The minimum Gasteiger partial charge on any atom is -0.378 e. The Morgan fingerprint density at radius 3 is 2.79 bits per heavy atom. The number of morpholine rings is 1. The van der Waals surface area contributed by atoms with Gasteiger partial charge in [0.1, 0.15) is 6.42 Å². The van der Waals surface area contributed by atoms with Crippen LogP contribution in [0.1, 0.15) is 5.89 Å². The van der Waals surface area contributed by atoms with Crippen LogP contribution in [0.5, 0.6) is 0 Å². The molecule has 0 radical (unpaired) electrons. The molecule has 146 valence electrons. The van der Waals surface area contributed by atoms with Crippen molar-refractivity contribution >= 4 is 11.6 Å². The Labute approximate surface area is 165 Å². The second-order valence-electron chi connectivity index (χ2n) is 6.72. The van der Waals surface area contributed by atoms with E-state index in [1.165, 1.54) is 0 Å². The Hall–Kier alpha value is -3.59. The third kappa shape index (κ3) is 3.59. The molecular formula is C20H18N6O3. The van der Waals surface area contributed by atoms with E-state index in [0.29, 0.717) is 38.0 Å². The standard InChI is InChI=1S/C20H18N6O3/c27-19(25-7-9-28-10-8-25)12-18-23-20(24-29-18)15-4-1-3-14(11-15)16-13-26-17(22-16)5-2-6-21-26/h1-6,11,13H,7-10,12H2. The van der Waals surface area contributed by atoms with Gasteiger partial charge in [0.15, 0.2) is 5.65 Å². The summed E-state index contributed by atoms with van der Waals surface area (Å²) in [6.45, 7) is 2.31. The van der Waals surface area contributed by atoms with E-state index < -0.39 is 0 Å². The van der Waals surface area contributed by atoms with Gasteiger partial charge in [-0.25, -0.2) is 9.50 Å². The van der Waals surface area contributed by atoms with Gasteiger partial charge in [-0.15, -0.1) is 0 Å². The number of carbonyl (C=O) groups excluding carboxylic acids is 1. The summed E-state index contributed by atoms with van der Waals surface area (Å²) in [4.78, 5) is 23.1. The first-order chi connectivity index (χ1) is 14.3. The molecule has 0 aliphatic carbocycles. The molecule has 1 aliphatic rings. The van der Waals surface area contributed by atoms with Gasteiger partial charge >= 0.3 is 0 Å². The second kappa shape index (κ2) is 7.44. The molecule has 9 heteroatoms. The van der Waals surface area contributed by atoms with E-state index in [-0.39, 0.29) is 12.3 Å². The zero-order chi connectivity index (χ0) is 19.6. The lowest BCUT2D eigenvalue weighted by Crippen LogP contribution is -2.41. The first-order valence-electron chi connectivity index (χ1n) is 9.35. The maximum atomic E-state index is 12.4. The first kappa shape index (κ1) is 17.5. The van der Waals surface area contributed by atoms with Gasteiger partial charge in [0.05, 0.1) is 25.1 Å². The van der Waals surface area contributed by atoms with Gasteiger partial charge in [0.2, 0.25) is 17.6 Å². The Bertz CT molecular complexity index is 1130. The number of ether oxygens (including phenoxy) is 1. The predicted molar refractivity (Wildman–Crippen MR) is 103 cm³/mol. The van der Waals surface area contributed by atoms with Crippen LogP contribution < -0.4 is 0 Å². The fraction of sp³-hybridized carbons (Fsp3) is 0.250. The number of hydrogen-bond donors (Lipinski definition) is 0. The molecular weight excluding hydrogens is 372 g/mol. The van der Waals surface area contributed by atoms with Gasteiger partial charge in [-0.2, -0.15) is 10.1 Å². The van der Waals surface area contributed by atoms with Crippen LogP contribution in [-0.4, -0.2) is 61.8 Å². The van der Waals surface area contributed by atoms with Crippen molar-refractivity contribution in [3.05, 3.63) is 54.7 Å². The van der Waals surface area contributed by atoms with Crippen LogP contribution in [0.15, 0.2) is 53.3 Å². The lowest BCUT2D eigenvalue weighted by Gasteiger charge is -2.26. The summed E-state index contributed by atoms with van der Waals surface area (Å²) < 4.78 is 12.3. The highest BCUT2D eigenvalue weighted by molar-refractivity contribution is 5.78. The van der Waals surface area contributed by atoms with E-state index >= 15 is 0 Å². The third-order valence-electron chi connectivity index (χ3n) is 4.79. The average Bonchev–Trinajstić information content (AvgIpc) is 3.41. The molecule has 5 rings (SSSR count). The van der Waals surface area contributed by atoms with Crippen LogP contribution in [0, 0.1) is 0 Å². The summed E-state index contributed by atoms with van der Waals surface area (Å²) >= 11 is 0. The van der Waals surface area contributed by atoms with E-state index in [4.69, 9.17) is 9.26 Å². The highest BCUT2D eigenvalue weighted by Crippen LogP contribution is 2.24. The van der Waals surface area contributed by atoms with Crippen molar-refractivity contribution in [1.29, 1.82) is 0 Å². The van der Waals surface area contributed by atoms with Crippen LogP contribution >= 0.6 is 0 Å². The summed E-state index contributed by atoms with van der Waals surface area (Å²) in [6.07, 6.45) is 3.68. The van der Waals surface area contributed by atoms with E-state index in [1.807, 2.05) is 42.6 Å². The summed E-state index contributed by atoms with van der Waals surface area (Å²) in [5.41, 5.74) is 3.29. The highest BCUT2D eigenvalue weighted by atomic mass is 16.5. The number of carbonyl (C=O) groups is 1. The molecule has 1 fully saturated rings. The number of fused-ring (bicyclic) bond motifs is 1. The number of hydrogen-bond acceptors (Lipinski definition) is 7. The lowest BCUT2D eigenvalue weighted by molar-refractivity contribution is -0.134. The van der Waals surface area contributed by atoms with Crippen molar-refractivity contribution in [2.75, 3.05) is 26.3 Å². The van der Waals surface area contributed by atoms with Crippen molar-refractivity contribution in [3.63, 3.8) is 0 Å². The van der Waals surface area contributed by atoms with Gasteiger partial charge in [0, 0.05) is 30.4 Å². The summed E-state index contributed by atoms with van der Waals surface area (Å²) in [6, 6.07) is 11.5. The second-order valence-corrected chi connectivity index (χ2v) is 6.72. The molecule has 0 spiro atoms. The Balaban J connectivity index is 1.36. The molecule has 0 N–H and O–H groups in total. The number of amides is 1. The number of imidazole rings is 1. The largest absolute Gasteiger partial charge is 0.378 e. The molecule has 0 atom stereocenters. The molecule has 9 nitrogen and oxygen atoms in total. The first-order valence-corrected chi connectivity index (χ1v) is 9.35. The number of aromatic nitrogens is 5. The fourth-order valence-electron chi connectivity index (χ4n) is 3.29. The Morgan fingerprint density at radius 1 is 1.07 bits per heavy atom. The Kier molecular flexibility index (Phi) is 4.49. The maximum absolute atomic E-state index is 12.4. The van der Waals surface area contributed by atoms with Crippen molar-refractivity contribution in [3.8, 4) is 22.6 Å². The number of nitrogens with zero attached hydrogens (tertiary/aromatic N) is 6. The van der Waals surface area contributed by atoms with Crippen LogP contribution in [0.25, 0.3) is 28.3 Å². The minimum absolute atomic E-state index is 0.0329. The van der Waals surface area contributed by atoms with Gasteiger partial charge in [-0.3, -0.25) is 4.79 Å². The van der Waals surface area contributed by atoms with Gasteiger partial charge < -0.3 is 14.2 Å². The van der Waals surface area contributed by atoms with Gasteiger partial charge in [0.25, 0.3) is 0 Å². The molecule has 29 heavy (non-hydrogen) atoms. The van der Waals surface area contributed by atoms with E-state index in [9.17, 15) is 4.79 Å². The fourth-order valence-corrected chi connectivity index (χ4v) is 3.29. The van der Waals surface area contributed by atoms with Crippen LogP contribution in [-0.2, 0) is 16.0 Å². The lowest BCUT2D eigenvalue weighted by atomic mass is 10.1. The van der Waals surface area contributed by atoms with Crippen LogP contribution in [0.3, 0.4) is 0 Å². The third-order valence-corrected chi connectivity index (χ3v) is 4.79. The normalized spacial score (nSPS) is 14.4. The number of rotatable bonds is 4. The van der Waals surface area contributed by atoms with Crippen LogP contribution in [0.2, 0.25) is 0 Å². The smallest absolute Gasteiger partial charge is 0.236 e. The van der Waals surface area contributed by atoms with E-state index in [2.05, 4.69) is 20.2 Å². The van der Waals surface area contributed by atoms with E-state index in [0.717, 1.165) is 22.5 Å². The van der Waals surface area contributed by atoms with Gasteiger partial charge in [-0.1, -0.05) is 23.4 Å². The quantitative estimate of drug-likeness (QED) is 0.524. The molecule has 4 aromatic rings. The molecule has 1 aromatic carbocycles. The highest BCUT2D eigenvalue weighted by Gasteiger charge is 2.20. The van der Waals surface area contributed by atoms with Crippen molar-refractivity contribution in [1.82, 2.24) is 29.6 Å². The zero-order valence-corrected chi connectivity index (χ0v) is 15.6. The predicted octanol–water partition coefficient (Wildman–Crippen LogP) is 1.85. The molecule has 3 aromatic heterocycles. The zero-order valence-electron chi connectivity index (χ0n) is 15.6. The summed E-state index contributed by atoms with van der Waals surface area (Å²) in [5, 5.41) is 8.29. The molecule has 1 saturated heterocycles. The van der Waals surface area contributed by atoms with Crippen molar-refractivity contribution in [2.24, 2.45) is 0 Å². The van der Waals surface area contributed by atoms with Crippen molar-refractivity contribution in [2.45, 2.75) is 6.42 Å². The molecule has 0 saturated carbocycles. The minimum atomic E-state index is -0.0329. The summed E-state index contributed by atoms with van der Waals surface area (Å²) in [7, 11) is 0. The molecule has 1 amide bonds. The summed E-state index contributed by atoms with van der Waals surface area (Å²) in [5.74, 6) is 0.715. The van der Waals surface area contributed by atoms with Gasteiger partial charge in [-0.05, 0) is 18.2 Å². The van der Waals surface area contributed by atoms with Crippen molar-refractivity contribution < 1.29 is 14.1 Å². The molecule has 4 heterocycles. The molecule has 0 bridgehead atoms. The Morgan fingerprint density at radius 2 is 1.93 bits per heavy atom. The number of benzene rings is 1. The SMILES string of the molecule is O=C(Cc1nc(-c2cccc(-c3cn4ncccc4n3)c2)no1)N1CCOCC1. The molecule has 1 aliphatic heterocycles.